The molecule has 6 rings (SSSR count). The van der Waals surface area contributed by atoms with Crippen molar-refractivity contribution in [1.29, 1.82) is 0 Å². The molecule has 3 aliphatic carbocycles. The third-order valence-corrected chi connectivity index (χ3v) is 9.47. The van der Waals surface area contributed by atoms with E-state index in [0.717, 1.165) is 27.9 Å². The molecule has 0 N–H and O–H groups in total. The lowest BCUT2D eigenvalue weighted by molar-refractivity contribution is 0.0120. The van der Waals surface area contributed by atoms with Crippen LogP contribution in [0, 0.1) is 24.2 Å². The second-order valence-corrected chi connectivity index (χ2v) is 10.7. The van der Waals surface area contributed by atoms with Crippen molar-refractivity contribution in [2.24, 2.45) is 17.3 Å². The lowest BCUT2D eigenvalue weighted by Gasteiger charge is -2.50. The lowest BCUT2D eigenvalue weighted by atomic mass is 9.53. The fraction of sp³-hybridized carbons (Fsp3) is 0.560. The molecule has 0 radical (unpaired) electrons. The van der Waals surface area contributed by atoms with E-state index in [4.69, 9.17) is 4.74 Å². The van der Waals surface area contributed by atoms with E-state index in [1.165, 1.54) is 44.1 Å². The van der Waals surface area contributed by atoms with E-state index in [9.17, 15) is 0 Å². The summed E-state index contributed by atoms with van der Waals surface area (Å²) in [5, 5.41) is 0. The number of fused-ring (bicyclic) bond motifs is 6. The van der Waals surface area contributed by atoms with Gasteiger partial charge < -0.3 is 4.74 Å². The summed E-state index contributed by atoms with van der Waals surface area (Å²) in [6, 6.07) is 11.3. The van der Waals surface area contributed by atoms with Crippen LogP contribution in [0.15, 0.2) is 41.0 Å². The van der Waals surface area contributed by atoms with Crippen molar-refractivity contribution in [3.05, 3.63) is 63.4 Å². The molecular weight excluding hydrogens is 410 g/mol. The van der Waals surface area contributed by atoms with Gasteiger partial charge in [-0.3, -0.25) is 4.98 Å². The van der Waals surface area contributed by atoms with Crippen LogP contribution in [0.25, 0.3) is 0 Å². The zero-order chi connectivity index (χ0) is 19.1. The molecule has 4 aliphatic rings. The van der Waals surface area contributed by atoms with Crippen LogP contribution < -0.4 is 0 Å². The van der Waals surface area contributed by atoms with Crippen LogP contribution in [-0.2, 0) is 11.2 Å². The summed E-state index contributed by atoms with van der Waals surface area (Å²) in [7, 11) is 0. The molecule has 1 aliphatic heterocycles. The van der Waals surface area contributed by atoms with E-state index in [1.807, 2.05) is 12.3 Å². The van der Waals surface area contributed by atoms with Gasteiger partial charge in [-0.25, -0.2) is 0 Å². The summed E-state index contributed by atoms with van der Waals surface area (Å²) in [5.74, 6) is 2.37. The van der Waals surface area contributed by atoms with Crippen LogP contribution in [0.5, 0.6) is 0 Å². The first-order valence-corrected chi connectivity index (χ1v) is 11.7. The predicted octanol–water partition coefficient (Wildman–Crippen LogP) is 6.52. The molecule has 3 fully saturated rings. The van der Waals surface area contributed by atoms with E-state index in [0.29, 0.717) is 0 Å². The summed E-state index contributed by atoms with van der Waals surface area (Å²) in [4.78, 5) is 4.68. The fourth-order valence-electron chi connectivity index (χ4n) is 7.41. The topological polar surface area (TPSA) is 25.4 Å². The Kier molecular flexibility index (Phi) is 3.73. The van der Waals surface area contributed by atoms with Crippen molar-refractivity contribution in [1.82, 2.24) is 4.98 Å². The molecule has 2 heterocycles. The average molecular weight is 438 g/mol. The van der Waals surface area contributed by atoms with Crippen molar-refractivity contribution < 1.29 is 4.74 Å². The number of rotatable bonds is 1. The molecule has 28 heavy (non-hydrogen) atoms. The monoisotopic (exact) mass is 437 g/mol. The summed E-state index contributed by atoms with van der Waals surface area (Å²) >= 11 is 3.71. The van der Waals surface area contributed by atoms with Crippen molar-refractivity contribution in [2.75, 3.05) is 0 Å². The Morgan fingerprint density at radius 2 is 2.04 bits per heavy atom. The van der Waals surface area contributed by atoms with Crippen LogP contribution in [0.3, 0.4) is 0 Å². The minimum absolute atomic E-state index is 0.0209. The van der Waals surface area contributed by atoms with Crippen LogP contribution in [0.1, 0.15) is 73.4 Å². The minimum Gasteiger partial charge on any atom is -0.359 e. The third kappa shape index (κ3) is 2.21. The van der Waals surface area contributed by atoms with E-state index < -0.39 is 0 Å². The Labute approximate surface area is 176 Å². The van der Waals surface area contributed by atoms with Gasteiger partial charge in [0.2, 0.25) is 0 Å². The molecule has 0 bridgehead atoms. The fourth-order valence-corrected chi connectivity index (χ4v) is 7.88. The predicted molar refractivity (Wildman–Crippen MR) is 114 cm³/mol. The number of aryl methyl sites for hydroxylation is 2. The summed E-state index contributed by atoms with van der Waals surface area (Å²) in [6.45, 7) is 4.77. The molecule has 1 aromatic heterocycles. The van der Waals surface area contributed by atoms with Crippen molar-refractivity contribution in [3.8, 4) is 0 Å². The Morgan fingerprint density at radius 1 is 1.14 bits per heavy atom. The Bertz CT molecular complexity index is 957. The van der Waals surface area contributed by atoms with Crippen molar-refractivity contribution in [3.63, 3.8) is 0 Å². The first-order chi connectivity index (χ1) is 13.5. The Hall–Kier alpha value is -1.19. The molecule has 2 nitrogen and oxygen atoms in total. The maximum absolute atomic E-state index is 6.58. The number of hydrogen-bond acceptors (Lipinski definition) is 2. The maximum Gasteiger partial charge on any atom is 0.131 e. The molecule has 2 saturated carbocycles. The number of aromatic nitrogens is 1. The van der Waals surface area contributed by atoms with Gasteiger partial charge in [-0.2, -0.15) is 0 Å². The van der Waals surface area contributed by atoms with Crippen molar-refractivity contribution in [2.45, 2.75) is 70.0 Å². The van der Waals surface area contributed by atoms with Gasteiger partial charge in [-0.05, 0) is 102 Å². The van der Waals surface area contributed by atoms with Gasteiger partial charge >= 0.3 is 0 Å². The number of halogens is 1. The quantitative estimate of drug-likeness (QED) is 0.474. The van der Waals surface area contributed by atoms with Crippen LogP contribution in [0.2, 0.25) is 0 Å². The number of pyridine rings is 1. The first-order valence-electron chi connectivity index (χ1n) is 10.9. The summed E-state index contributed by atoms with van der Waals surface area (Å²) in [5.41, 5.74) is 6.11. The molecule has 6 atom stereocenters. The number of ether oxygens (including phenoxy) is 1. The molecule has 1 spiro atoms. The normalized spacial score (nSPS) is 40.7. The van der Waals surface area contributed by atoms with Gasteiger partial charge in [0.25, 0.3) is 0 Å². The second-order valence-electron chi connectivity index (χ2n) is 9.87. The van der Waals surface area contributed by atoms with Crippen LogP contribution >= 0.6 is 15.9 Å². The SMILES string of the molecule is Cc1ccc2c(c1)CC[C@@H]1[C@@H]2CC[C@@]2(C)[C@H]1CC[C@@]21O[C@@H]1c1ncccc1Br. The van der Waals surface area contributed by atoms with Gasteiger partial charge in [0, 0.05) is 16.1 Å². The number of nitrogens with zero attached hydrogens (tertiary/aromatic N) is 1. The van der Waals surface area contributed by atoms with E-state index in [2.05, 4.69) is 59.0 Å². The molecule has 0 amide bonds. The highest BCUT2D eigenvalue weighted by molar-refractivity contribution is 9.10. The minimum atomic E-state index is 0.0209. The van der Waals surface area contributed by atoms with Gasteiger partial charge in [0.1, 0.15) is 11.7 Å². The highest BCUT2D eigenvalue weighted by Gasteiger charge is 2.74. The number of hydrogen-bond donors (Lipinski definition) is 0. The highest BCUT2D eigenvalue weighted by atomic mass is 79.9. The first kappa shape index (κ1) is 17.7. The zero-order valence-electron chi connectivity index (χ0n) is 16.7. The smallest absolute Gasteiger partial charge is 0.131 e. The molecule has 146 valence electrons. The maximum atomic E-state index is 6.58. The number of epoxide rings is 1. The van der Waals surface area contributed by atoms with Crippen molar-refractivity contribution >= 4 is 15.9 Å². The van der Waals surface area contributed by atoms with Crippen LogP contribution in [0.4, 0.5) is 0 Å². The molecule has 1 saturated heterocycles. The van der Waals surface area contributed by atoms with E-state index >= 15 is 0 Å². The highest BCUT2D eigenvalue weighted by Crippen LogP contribution is 2.75. The molecule has 0 unspecified atom stereocenters. The number of benzene rings is 1. The van der Waals surface area contributed by atoms with Gasteiger partial charge in [0.05, 0.1) is 5.69 Å². The van der Waals surface area contributed by atoms with E-state index in [1.54, 1.807) is 11.1 Å². The molecule has 1 aromatic carbocycles. The van der Waals surface area contributed by atoms with Gasteiger partial charge in [0.15, 0.2) is 0 Å². The van der Waals surface area contributed by atoms with Gasteiger partial charge in [-0.1, -0.05) is 30.7 Å². The Balaban J connectivity index is 1.33. The van der Waals surface area contributed by atoms with Crippen LogP contribution in [-0.4, -0.2) is 10.6 Å². The molecule has 2 aromatic rings. The lowest BCUT2D eigenvalue weighted by Crippen LogP contribution is -2.45. The Morgan fingerprint density at radius 3 is 2.89 bits per heavy atom. The third-order valence-electron chi connectivity index (χ3n) is 8.79. The zero-order valence-corrected chi connectivity index (χ0v) is 18.3. The average Bonchev–Trinajstić information content (AvgIpc) is 3.35. The van der Waals surface area contributed by atoms with Gasteiger partial charge in [-0.15, -0.1) is 0 Å². The summed E-state index contributed by atoms with van der Waals surface area (Å²) < 4.78 is 7.67. The van der Waals surface area contributed by atoms with E-state index in [-0.39, 0.29) is 17.1 Å². The summed E-state index contributed by atoms with van der Waals surface area (Å²) in [6.07, 6.45) is 9.81. The molecule has 3 heteroatoms. The molecular formula is C25H28BrNO. The standard InChI is InChI=1S/C25H28BrNO/c1-15-5-7-17-16(14-15)6-8-19-18(17)9-11-24(2)20(19)10-12-25(24)23(28-25)22-21(26)4-3-13-27-22/h3-5,7,13-14,18-20,23H,6,8-12H2,1-2H3/t18-,19-,20+,23-,24+,25+/m1/s1. The largest absolute Gasteiger partial charge is 0.359 e. The second kappa shape index (κ2) is 5.92.